The Hall–Kier alpha value is -3.50. The number of carbonyl (C=O) groups excluding carboxylic acids is 1. The van der Waals surface area contributed by atoms with E-state index in [1.165, 1.54) is 0 Å². The molecule has 1 aliphatic rings. The number of ether oxygens (including phenoxy) is 2. The Morgan fingerprint density at radius 3 is 2.59 bits per heavy atom. The highest BCUT2D eigenvalue weighted by molar-refractivity contribution is 6.30. The number of benzene rings is 3. The van der Waals surface area contributed by atoms with Gasteiger partial charge in [-0.25, -0.2) is 0 Å². The van der Waals surface area contributed by atoms with Crippen molar-refractivity contribution in [3.05, 3.63) is 88.6 Å². The second-order valence-corrected chi connectivity index (χ2v) is 7.18. The average molecular weight is 402 g/mol. The first-order valence-corrected chi connectivity index (χ1v) is 9.51. The SMILES string of the molecule is COc1cccc2c1O/C(=C\c1c(-c3ccc(Cl)cc3)[nH]c3ccccc13)C2=O. The molecule has 4 nitrogen and oxygen atoms in total. The van der Waals surface area contributed by atoms with Crippen LogP contribution in [0.1, 0.15) is 15.9 Å². The first kappa shape index (κ1) is 17.6. The van der Waals surface area contributed by atoms with Crippen LogP contribution in [0.2, 0.25) is 5.02 Å². The average Bonchev–Trinajstić information content (AvgIpc) is 3.27. The Kier molecular flexibility index (Phi) is 4.14. The fourth-order valence-corrected chi connectivity index (χ4v) is 3.76. The lowest BCUT2D eigenvalue weighted by Gasteiger charge is -2.05. The molecule has 29 heavy (non-hydrogen) atoms. The molecule has 0 bridgehead atoms. The minimum absolute atomic E-state index is 0.161. The number of hydrogen-bond donors (Lipinski definition) is 1. The molecule has 5 rings (SSSR count). The number of aromatic nitrogens is 1. The predicted octanol–water partition coefficient (Wildman–Crippen LogP) is 6.11. The number of rotatable bonds is 3. The smallest absolute Gasteiger partial charge is 0.232 e. The topological polar surface area (TPSA) is 51.3 Å². The maximum absolute atomic E-state index is 12.9. The highest BCUT2D eigenvalue weighted by Crippen LogP contribution is 2.41. The number of halogens is 1. The van der Waals surface area contributed by atoms with Gasteiger partial charge in [-0.05, 0) is 42.0 Å². The Morgan fingerprint density at radius 1 is 1.00 bits per heavy atom. The van der Waals surface area contributed by atoms with E-state index < -0.39 is 0 Å². The third-order valence-electron chi connectivity index (χ3n) is 5.03. The van der Waals surface area contributed by atoms with Crippen molar-refractivity contribution >= 4 is 34.4 Å². The van der Waals surface area contributed by atoms with Gasteiger partial charge in [-0.3, -0.25) is 4.79 Å². The van der Waals surface area contributed by atoms with Crippen molar-refractivity contribution in [3.8, 4) is 22.8 Å². The number of carbonyl (C=O) groups is 1. The van der Waals surface area contributed by atoms with Crippen LogP contribution in [0.4, 0.5) is 0 Å². The van der Waals surface area contributed by atoms with Crippen LogP contribution in [-0.4, -0.2) is 17.9 Å². The number of methoxy groups -OCH3 is 1. The molecule has 0 radical (unpaired) electrons. The van der Waals surface area contributed by atoms with Gasteiger partial charge in [0.15, 0.2) is 17.3 Å². The number of ketones is 1. The number of Topliss-reactive ketones (excluding diaryl/α,β-unsaturated/α-hetero) is 1. The molecule has 1 aliphatic heterocycles. The van der Waals surface area contributed by atoms with Gasteiger partial charge in [0.2, 0.25) is 5.78 Å². The molecule has 1 N–H and O–H groups in total. The fraction of sp³-hybridized carbons (Fsp3) is 0.0417. The Balaban J connectivity index is 1.69. The van der Waals surface area contributed by atoms with Crippen LogP contribution in [0.3, 0.4) is 0 Å². The minimum atomic E-state index is -0.161. The van der Waals surface area contributed by atoms with Crippen LogP contribution >= 0.6 is 11.6 Å². The van der Waals surface area contributed by atoms with Gasteiger partial charge < -0.3 is 14.5 Å². The summed E-state index contributed by atoms with van der Waals surface area (Å²) in [5, 5.41) is 1.67. The molecule has 142 valence electrons. The van der Waals surface area contributed by atoms with Gasteiger partial charge >= 0.3 is 0 Å². The quantitative estimate of drug-likeness (QED) is 0.421. The summed E-state index contributed by atoms with van der Waals surface area (Å²) in [5.41, 5.74) is 4.24. The molecule has 0 saturated carbocycles. The lowest BCUT2D eigenvalue weighted by molar-refractivity contribution is 0.101. The van der Waals surface area contributed by atoms with Crippen LogP contribution in [0.15, 0.2) is 72.5 Å². The zero-order chi connectivity index (χ0) is 20.0. The molecule has 0 amide bonds. The second kappa shape index (κ2) is 6.83. The van der Waals surface area contributed by atoms with Gasteiger partial charge in [0.1, 0.15) is 0 Å². The Morgan fingerprint density at radius 2 is 1.79 bits per heavy atom. The van der Waals surface area contributed by atoms with Crippen molar-refractivity contribution in [1.82, 2.24) is 4.98 Å². The Bertz CT molecular complexity index is 1290. The van der Waals surface area contributed by atoms with Crippen LogP contribution in [0, 0.1) is 0 Å². The minimum Gasteiger partial charge on any atom is -0.493 e. The highest BCUT2D eigenvalue weighted by Gasteiger charge is 2.30. The molecule has 0 spiro atoms. The zero-order valence-corrected chi connectivity index (χ0v) is 16.3. The van der Waals surface area contributed by atoms with E-state index in [1.54, 1.807) is 31.4 Å². The molecule has 5 heteroatoms. The third kappa shape index (κ3) is 2.89. The molecular formula is C24H16ClNO3. The molecule has 2 heterocycles. The van der Waals surface area contributed by atoms with Gasteiger partial charge in [-0.2, -0.15) is 0 Å². The van der Waals surface area contributed by atoms with Crippen LogP contribution in [0.25, 0.3) is 28.2 Å². The summed E-state index contributed by atoms with van der Waals surface area (Å²) in [5.74, 6) is 1.10. The molecule has 0 unspecified atom stereocenters. The van der Waals surface area contributed by atoms with E-state index in [4.69, 9.17) is 21.1 Å². The monoisotopic (exact) mass is 401 g/mol. The van der Waals surface area contributed by atoms with E-state index in [9.17, 15) is 4.79 Å². The number of fused-ring (bicyclic) bond motifs is 2. The van der Waals surface area contributed by atoms with Crippen molar-refractivity contribution in [2.45, 2.75) is 0 Å². The van der Waals surface area contributed by atoms with Gasteiger partial charge in [-0.15, -0.1) is 0 Å². The number of para-hydroxylation sites is 2. The predicted molar refractivity (Wildman–Crippen MR) is 115 cm³/mol. The molecule has 0 aliphatic carbocycles. The van der Waals surface area contributed by atoms with Crippen LogP contribution < -0.4 is 9.47 Å². The normalized spacial score (nSPS) is 14.3. The van der Waals surface area contributed by atoms with Crippen molar-refractivity contribution in [1.29, 1.82) is 0 Å². The fourth-order valence-electron chi connectivity index (χ4n) is 3.63. The van der Waals surface area contributed by atoms with Crippen molar-refractivity contribution in [2.24, 2.45) is 0 Å². The van der Waals surface area contributed by atoms with Gasteiger partial charge in [0.05, 0.1) is 18.4 Å². The van der Waals surface area contributed by atoms with Crippen molar-refractivity contribution in [2.75, 3.05) is 7.11 Å². The maximum Gasteiger partial charge on any atom is 0.232 e. The zero-order valence-electron chi connectivity index (χ0n) is 15.5. The number of aromatic amines is 1. The van der Waals surface area contributed by atoms with E-state index >= 15 is 0 Å². The molecule has 1 aromatic heterocycles. The first-order valence-electron chi connectivity index (χ1n) is 9.13. The molecule has 0 saturated heterocycles. The van der Waals surface area contributed by atoms with Crippen molar-refractivity contribution in [3.63, 3.8) is 0 Å². The molecule has 0 fully saturated rings. The number of allylic oxidation sites excluding steroid dienone is 1. The van der Waals surface area contributed by atoms with E-state index in [0.717, 1.165) is 27.7 Å². The largest absolute Gasteiger partial charge is 0.493 e. The number of H-pyrrole nitrogens is 1. The van der Waals surface area contributed by atoms with Crippen molar-refractivity contribution < 1.29 is 14.3 Å². The van der Waals surface area contributed by atoms with E-state index in [2.05, 4.69) is 4.98 Å². The van der Waals surface area contributed by atoms with Crippen LogP contribution in [0.5, 0.6) is 11.5 Å². The summed E-state index contributed by atoms with van der Waals surface area (Å²) in [7, 11) is 1.56. The Labute approximate surface area is 172 Å². The van der Waals surface area contributed by atoms with E-state index in [0.29, 0.717) is 22.1 Å². The summed E-state index contributed by atoms with van der Waals surface area (Å²) in [6.07, 6.45) is 1.80. The molecule has 4 aromatic rings. The third-order valence-corrected chi connectivity index (χ3v) is 5.29. The van der Waals surface area contributed by atoms with Gasteiger partial charge in [0.25, 0.3) is 0 Å². The van der Waals surface area contributed by atoms with E-state index in [-0.39, 0.29) is 11.5 Å². The highest BCUT2D eigenvalue weighted by atomic mass is 35.5. The summed E-state index contributed by atoms with van der Waals surface area (Å²) in [6, 6.07) is 20.9. The number of nitrogens with one attached hydrogen (secondary N) is 1. The van der Waals surface area contributed by atoms with E-state index in [1.807, 2.05) is 48.5 Å². The van der Waals surface area contributed by atoms with Crippen LogP contribution in [-0.2, 0) is 0 Å². The lowest BCUT2D eigenvalue weighted by Crippen LogP contribution is -1.98. The molecule has 0 atom stereocenters. The summed E-state index contributed by atoms with van der Waals surface area (Å²) >= 11 is 6.06. The standard InChI is InChI=1S/C24H16ClNO3/c1-28-20-8-4-6-17-23(27)21(29-24(17)20)13-18-16-5-2-3-7-19(16)26-22(18)14-9-11-15(25)12-10-14/h2-13,26H,1H3/b21-13-. The summed E-state index contributed by atoms with van der Waals surface area (Å²) in [6.45, 7) is 0. The maximum atomic E-state index is 12.9. The summed E-state index contributed by atoms with van der Waals surface area (Å²) < 4.78 is 11.3. The van der Waals surface area contributed by atoms with Gasteiger partial charge in [-0.1, -0.05) is 48.0 Å². The molecule has 3 aromatic carbocycles. The second-order valence-electron chi connectivity index (χ2n) is 6.74. The summed E-state index contributed by atoms with van der Waals surface area (Å²) in [4.78, 5) is 16.4. The lowest BCUT2D eigenvalue weighted by atomic mass is 10.0. The number of hydrogen-bond acceptors (Lipinski definition) is 3. The first-order chi connectivity index (χ1) is 14.2. The molecular weight excluding hydrogens is 386 g/mol. The van der Waals surface area contributed by atoms with Gasteiger partial charge in [0, 0.05) is 21.5 Å².